The highest BCUT2D eigenvalue weighted by atomic mass is 16.5. The summed E-state index contributed by atoms with van der Waals surface area (Å²) in [4.78, 5) is 21.3. The highest BCUT2D eigenvalue weighted by Crippen LogP contribution is 2.39. The minimum atomic E-state index is 0.114. The number of nitrogens with zero attached hydrogens (tertiary/aromatic N) is 4. The number of aromatic nitrogens is 2. The Balaban J connectivity index is 1.37. The smallest absolute Gasteiger partial charge is 0.228 e. The van der Waals surface area contributed by atoms with Gasteiger partial charge in [0.25, 0.3) is 0 Å². The number of piperazine rings is 1. The molecule has 21 heavy (non-hydrogen) atoms. The van der Waals surface area contributed by atoms with E-state index in [0.29, 0.717) is 12.0 Å². The van der Waals surface area contributed by atoms with Gasteiger partial charge in [0.2, 0.25) is 11.9 Å². The third-order valence-corrected chi connectivity index (χ3v) is 5.09. The third kappa shape index (κ3) is 2.21. The Morgan fingerprint density at radius 3 is 2.67 bits per heavy atom. The fourth-order valence-corrected chi connectivity index (χ4v) is 3.92. The number of hydrogen-bond acceptors (Lipinski definition) is 4. The quantitative estimate of drug-likeness (QED) is 0.802. The largest absolute Gasteiger partial charge is 0.374 e. The molecule has 3 atom stereocenters. The monoisotopic (exact) mass is 290 g/mol. The van der Waals surface area contributed by atoms with E-state index >= 15 is 0 Å². The molecule has 4 rings (SSSR count). The highest BCUT2D eigenvalue weighted by Gasteiger charge is 2.46. The molecule has 0 radical (unpaired) electrons. The molecule has 3 fully saturated rings. The van der Waals surface area contributed by atoms with Crippen molar-refractivity contribution in [3.63, 3.8) is 0 Å². The van der Waals surface area contributed by atoms with E-state index in [1.165, 1.54) is 0 Å². The van der Waals surface area contributed by atoms with Gasteiger partial charge in [-0.15, -0.1) is 0 Å². The number of amides is 1. The van der Waals surface area contributed by atoms with Crippen LogP contribution in [0.15, 0.2) is 12.4 Å². The fraction of sp³-hybridized carbons (Fsp3) is 0.733. The first-order valence-corrected chi connectivity index (χ1v) is 7.89. The van der Waals surface area contributed by atoms with Crippen LogP contribution in [0.4, 0.5) is 5.95 Å². The Hall–Kier alpha value is -1.56. The van der Waals surface area contributed by atoms with Crippen molar-refractivity contribution < 1.29 is 9.53 Å². The van der Waals surface area contributed by atoms with Gasteiger partial charge in [-0.3, -0.25) is 4.79 Å². The number of imidazole rings is 1. The first kappa shape index (κ1) is 13.1. The SMILES string of the molecule is Cn1ccnc1N1CCN(C(=O)C2CC3CCC2O3)CC1. The van der Waals surface area contributed by atoms with Crippen LogP contribution in [0, 0.1) is 5.92 Å². The minimum Gasteiger partial charge on any atom is -0.374 e. The second-order valence-corrected chi connectivity index (χ2v) is 6.37. The molecule has 6 heteroatoms. The number of rotatable bonds is 2. The summed E-state index contributed by atoms with van der Waals surface area (Å²) in [5, 5.41) is 0. The Labute approximate surface area is 124 Å². The number of aryl methyl sites for hydroxylation is 1. The summed E-state index contributed by atoms with van der Waals surface area (Å²) in [5.74, 6) is 1.41. The van der Waals surface area contributed by atoms with Crippen LogP contribution < -0.4 is 4.90 Å². The number of hydrogen-bond donors (Lipinski definition) is 0. The van der Waals surface area contributed by atoms with Crippen LogP contribution in [-0.4, -0.2) is 58.7 Å². The maximum absolute atomic E-state index is 12.7. The molecule has 4 heterocycles. The van der Waals surface area contributed by atoms with Crippen molar-refractivity contribution in [1.82, 2.24) is 14.5 Å². The lowest BCUT2D eigenvalue weighted by atomic mass is 9.88. The van der Waals surface area contributed by atoms with Crippen molar-refractivity contribution in [2.75, 3.05) is 31.1 Å². The molecule has 0 spiro atoms. The minimum absolute atomic E-state index is 0.114. The molecule has 114 valence electrons. The maximum Gasteiger partial charge on any atom is 0.228 e. The first-order valence-electron chi connectivity index (χ1n) is 7.89. The second-order valence-electron chi connectivity index (χ2n) is 6.37. The van der Waals surface area contributed by atoms with Crippen molar-refractivity contribution in [1.29, 1.82) is 0 Å². The van der Waals surface area contributed by atoms with Gasteiger partial charge in [-0.05, 0) is 19.3 Å². The molecule has 6 nitrogen and oxygen atoms in total. The Bertz CT molecular complexity index is 536. The van der Waals surface area contributed by atoms with E-state index in [1.807, 2.05) is 28.9 Å². The zero-order valence-corrected chi connectivity index (χ0v) is 12.4. The van der Waals surface area contributed by atoms with E-state index in [2.05, 4.69) is 9.88 Å². The first-order chi connectivity index (χ1) is 10.2. The van der Waals surface area contributed by atoms with Crippen LogP contribution in [0.3, 0.4) is 0 Å². The van der Waals surface area contributed by atoms with Gasteiger partial charge in [0, 0.05) is 45.6 Å². The third-order valence-electron chi connectivity index (χ3n) is 5.09. The molecule has 3 aliphatic rings. The predicted molar refractivity (Wildman–Crippen MR) is 78.0 cm³/mol. The highest BCUT2D eigenvalue weighted by molar-refractivity contribution is 5.80. The molecule has 1 amide bonds. The second kappa shape index (κ2) is 5.02. The molecular formula is C15H22N4O2. The lowest BCUT2D eigenvalue weighted by Crippen LogP contribution is -2.52. The van der Waals surface area contributed by atoms with Crippen LogP contribution in [-0.2, 0) is 16.6 Å². The molecular weight excluding hydrogens is 268 g/mol. The molecule has 0 aliphatic carbocycles. The molecule has 0 N–H and O–H groups in total. The summed E-state index contributed by atoms with van der Waals surface area (Å²) in [6.07, 6.45) is 7.45. The van der Waals surface area contributed by atoms with E-state index in [1.54, 1.807) is 0 Å². The molecule has 3 unspecified atom stereocenters. The lowest BCUT2D eigenvalue weighted by molar-refractivity contribution is -0.137. The van der Waals surface area contributed by atoms with Crippen LogP contribution >= 0.6 is 0 Å². The summed E-state index contributed by atoms with van der Waals surface area (Å²) in [5.41, 5.74) is 0. The Morgan fingerprint density at radius 2 is 2.10 bits per heavy atom. The van der Waals surface area contributed by atoms with Crippen molar-refractivity contribution in [3.05, 3.63) is 12.4 Å². The molecule has 3 saturated heterocycles. The van der Waals surface area contributed by atoms with Crippen molar-refractivity contribution in [2.24, 2.45) is 13.0 Å². The van der Waals surface area contributed by atoms with E-state index < -0.39 is 0 Å². The lowest BCUT2D eigenvalue weighted by Gasteiger charge is -2.37. The summed E-state index contributed by atoms with van der Waals surface area (Å²) in [7, 11) is 2.01. The number of anilines is 1. The maximum atomic E-state index is 12.7. The Kier molecular flexibility index (Phi) is 3.14. The van der Waals surface area contributed by atoms with Gasteiger partial charge >= 0.3 is 0 Å². The van der Waals surface area contributed by atoms with Crippen molar-refractivity contribution in [2.45, 2.75) is 31.5 Å². The zero-order chi connectivity index (χ0) is 14.4. The molecule has 0 saturated carbocycles. The van der Waals surface area contributed by atoms with Gasteiger partial charge < -0.3 is 19.1 Å². The molecule has 0 aromatic carbocycles. The number of fused-ring (bicyclic) bond motifs is 2. The van der Waals surface area contributed by atoms with Crippen LogP contribution in [0.2, 0.25) is 0 Å². The van der Waals surface area contributed by atoms with Gasteiger partial charge in [0.15, 0.2) is 0 Å². The van der Waals surface area contributed by atoms with Gasteiger partial charge in [-0.2, -0.15) is 0 Å². The van der Waals surface area contributed by atoms with Gasteiger partial charge in [0.05, 0.1) is 18.1 Å². The van der Waals surface area contributed by atoms with E-state index in [4.69, 9.17) is 4.74 Å². The normalized spacial score (nSPS) is 32.0. The average molecular weight is 290 g/mol. The summed E-state index contributed by atoms with van der Waals surface area (Å²) < 4.78 is 7.85. The van der Waals surface area contributed by atoms with Gasteiger partial charge in [0.1, 0.15) is 0 Å². The fourth-order valence-electron chi connectivity index (χ4n) is 3.92. The van der Waals surface area contributed by atoms with E-state index in [-0.39, 0.29) is 12.0 Å². The van der Waals surface area contributed by atoms with Crippen LogP contribution in [0.1, 0.15) is 19.3 Å². The van der Waals surface area contributed by atoms with E-state index in [9.17, 15) is 4.79 Å². The topological polar surface area (TPSA) is 50.6 Å². The standard InChI is InChI=1S/C15H22N4O2/c1-17-5-4-16-15(17)19-8-6-18(7-9-19)14(20)12-10-11-2-3-13(12)21-11/h4-5,11-13H,2-3,6-10H2,1H3. The van der Waals surface area contributed by atoms with E-state index in [0.717, 1.165) is 51.4 Å². The average Bonchev–Trinajstić information content (AvgIpc) is 3.23. The summed E-state index contributed by atoms with van der Waals surface area (Å²) >= 11 is 0. The molecule has 1 aromatic rings. The van der Waals surface area contributed by atoms with Crippen LogP contribution in [0.5, 0.6) is 0 Å². The summed E-state index contributed by atoms with van der Waals surface area (Å²) in [6.45, 7) is 3.30. The van der Waals surface area contributed by atoms with Crippen molar-refractivity contribution in [3.8, 4) is 0 Å². The Morgan fingerprint density at radius 1 is 1.29 bits per heavy atom. The molecule has 1 aromatic heterocycles. The van der Waals surface area contributed by atoms with Gasteiger partial charge in [-0.25, -0.2) is 4.98 Å². The van der Waals surface area contributed by atoms with Crippen molar-refractivity contribution >= 4 is 11.9 Å². The zero-order valence-electron chi connectivity index (χ0n) is 12.4. The summed E-state index contributed by atoms with van der Waals surface area (Å²) in [6, 6.07) is 0. The molecule has 3 aliphatic heterocycles. The number of carbonyl (C=O) groups excluding carboxylic acids is 1. The van der Waals surface area contributed by atoms with Gasteiger partial charge in [-0.1, -0.05) is 0 Å². The number of ether oxygens (including phenoxy) is 1. The molecule has 2 bridgehead atoms. The number of carbonyl (C=O) groups is 1. The predicted octanol–water partition coefficient (Wildman–Crippen LogP) is 0.636. The van der Waals surface area contributed by atoms with Crippen LogP contribution in [0.25, 0.3) is 0 Å².